The first-order valence-corrected chi connectivity index (χ1v) is 23.6. The molecule has 3 aliphatic carbocycles. The summed E-state index contributed by atoms with van der Waals surface area (Å²) >= 11 is 0. The van der Waals surface area contributed by atoms with E-state index in [0.29, 0.717) is 29.3 Å². The Labute approximate surface area is 272 Å². The molecule has 0 bridgehead atoms. The van der Waals surface area contributed by atoms with Crippen molar-refractivity contribution in [3.05, 3.63) is 59.1 Å². The third-order valence-corrected chi connectivity index (χ3v) is 16.9. The summed E-state index contributed by atoms with van der Waals surface area (Å²) in [4.78, 5) is 0. The van der Waals surface area contributed by atoms with Crippen LogP contribution >= 0.6 is 0 Å². The van der Waals surface area contributed by atoms with Gasteiger partial charge >= 0.3 is 0 Å². The van der Waals surface area contributed by atoms with E-state index in [4.69, 9.17) is 13.3 Å². The van der Waals surface area contributed by atoms with Crippen molar-refractivity contribution in [1.82, 2.24) is 0 Å². The van der Waals surface area contributed by atoms with Crippen molar-refractivity contribution in [2.24, 2.45) is 23.2 Å². The second kappa shape index (κ2) is 12.9. The molecule has 0 N–H and O–H groups in total. The molecule has 5 heteroatoms. The van der Waals surface area contributed by atoms with Gasteiger partial charge in [0.25, 0.3) is 0 Å². The highest BCUT2D eigenvalue weighted by Crippen LogP contribution is 2.59. The molecule has 5 atom stereocenters. The van der Waals surface area contributed by atoms with Crippen LogP contribution < -0.4 is 0 Å². The molecule has 1 aromatic rings. The van der Waals surface area contributed by atoms with Crippen LogP contribution in [0.4, 0.5) is 0 Å². The zero-order chi connectivity index (χ0) is 32.7. The molecule has 0 saturated heterocycles. The van der Waals surface area contributed by atoms with Crippen LogP contribution in [-0.2, 0) is 14.5 Å². The number of furan rings is 1. The van der Waals surface area contributed by atoms with E-state index in [1.807, 2.05) is 12.1 Å². The molecule has 244 valence electrons. The molecular weight excluding hydrogens is 573 g/mol. The first-order valence-electron chi connectivity index (χ1n) is 17.3. The Kier molecular flexibility index (Phi) is 10.3. The molecule has 0 unspecified atom stereocenters. The number of rotatable bonds is 7. The topological polar surface area (TPSA) is 31.6 Å². The van der Waals surface area contributed by atoms with Gasteiger partial charge in [-0.25, -0.2) is 0 Å². The van der Waals surface area contributed by atoms with Crippen LogP contribution in [0.2, 0.25) is 37.8 Å². The third kappa shape index (κ3) is 8.03. The molecule has 1 heterocycles. The zero-order valence-electron chi connectivity index (χ0n) is 30.2. The minimum Gasteiger partial charge on any atom is -0.450 e. The predicted octanol–water partition coefficient (Wildman–Crippen LogP) is 11.6. The lowest BCUT2D eigenvalue weighted by molar-refractivity contribution is 0.0740. The van der Waals surface area contributed by atoms with Gasteiger partial charge in [0.15, 0.2) is 22.4 Å². The number of hydrogen-bond acceptors (Lipinski definition) is 3. The van der Waals surface area contributed by atoms with E-state index in [-0.39, 0.29) is 5.04 Å². The average Bonchev–Trinajstić information content (AvgIpc) is 3.50. The van der Waals surface area contributed by atoms with E-state index in [1.54, 1.807) is 5.57 Å². The molecule has 3 fully saturated rings. The summed E-state index contributed by atoms with van der Waals surface area (Å²) in [5.41, 5.74) is 4.22. The molecule has 0 aromatic carbocycles. The van der Waals surface area contributed by atoms with E-state index < -0.39 is 22.2 Å². The molecule has 1 aromatic heterocycles. The Bertz CT molecular complexity index is 1320. The van der Waals surface area contributed by atoms with Crippen molar-refractivity contribution in [3.8, 4) is 11.8 Å². The minimum absolute atomic E-state index is 0.237. The number of hydrogen-bond donors (Lipinski definition) is 0. The summed E-state index contributed by atoms with van der Waals surface area (Å²) in [5.74, 6) is 10.2. The van der Waals surface area contributed by atoms with Crippen molar-refractivity contribution >= 4 is 16.6 Å². The SMILES string of the molecule is C=C1CC[C@H](O[Si](C)(C)C(C)(C)C)C/C1=C/C=C1\CCC[C@]2(C)[C@@H]([C@H](C)C#Cc3ccc(C(C)(C)O[Si](C)(C)C)o3)CC[C@@H]12. The summed E-state index contributed by atoms with van der Waals surface area (Å²) in [7, 11) is -3.49. The molecule has 0 radical (unpaired) electrons. The third-order valence-electron chi connectivity index (χ3n) is 11.3. The van der Waals surface area contributed by atoms with Gasteiger partial charge in [0.1, 0.15) is 11.4 Å². The Balaban J connectivity index is 1.46. The van der Waals surface area contributed by atoms with Gasteiger partial charge in [-0.05, 0) is 144 Å². The van der Waals surface area contributed by atoms with E-state index in [1.165, 1.54) is 43.3 Å². The van der Waals surface area contributed by atoms with Gasteiger partial charge < -0.3 is 13.3 Å². The van der Waals surface area contributed by atoms with Crippen molar-refractivity contribution < 1.29 is 13.3 Å². The smallest absolute Gasteiger partial charge is 0.192 e. The van der Waals surface area contributed by atoms with Gasteiger partial charge in [0.05, 0.1) is 0 Å². The second-order valence-electron chi connectivity index (χ2n) is 17.3. The van der Waals surface area contributed by atoms with E-state index >= 15 is 0 Å². The van der Waals surface area contributed by atoms with Gasteiger partial charge in [-0.15, -0.1) is 0 Å². The monoisotopic (exact) mass is 634 g/mol. The van der Waals surface area contributed by atoms with Gasteiger partial charge in [-0.1, -0.05) is 70.4 Å². The van der Waals surface area contributed by atoms with E-state index in [9.17, 15) is 0 Å². The minimum atomic E-state index is -1.78. The molecule has 3 aliphatic rings. The lowest BCUT2D eigenvalue weighted by atomic mass is 9.61. The maximum atomic E-state index is 6.84. The highest BCUT2D eigenvalue weighted by molar-refractivity contribution is 6.74. The van der Waals surface area contributed by atoms with E-state index in [0.717, 1.165) is 30.8 Å². The van der Waals surface area contributed by atoms with Crippen LogP contribution in [0, 0.1) is 35.0 Å². The summed E-state index contributed by atoms with van der Waals surface area (Å²) in [6.45, 7) is 31.9. The first kappa shape index (κ1) is 35.3. The quantitative estimate of drug-likeness (QED) is 0.221. The van der Waals surface area contributed by atoms with Crippen LogP contribution in [0.1, 0.15) is 111 Å². The Morgan fingerprint density at radius 3 is 2.39 bits per heavy atom. The summed E-state index contributed by atoms with van der Waals surface area (Å²) < 4.78 is 19.4. The normalized spacial score (nSPS) is 29.5. The lowest BCUT2D eigenvalue weighted by Gasteiger charge is -2.43. The highest BCUT2D eigenvalue weighted by Gasteiger charge is 2.50. The molecule has 3 saturated carbocycles. The van der Waals surface area contributed by atoms with Crippen molar-refractivity contribution in [3.63, 3.8) is 0 Å². The molecule has 44 heavy (non-hydrogen) atoms. The predicted molar refractivity (Wildman–Crippen MR) is 192 cm³/mol. The van der Waals surface area contributed by atoms with Crippen molar-refractivity contribution in [1.29, 1.82) is 0 Å². The van der Waals surface area contributed by atoms with Crippen molar-refractivity contribution in [2.45, 2.75) is 149 Å². The molecule has 0 spiro atoms. The maximum absolute atomic E-state index is 6.84. The van der Waals surface area contributed by atoms with Crippen LogP contribution in [-0.4, -0.2) is 22.7 Å². The summed E-state index contributed by atoms with van der Waals surface area (Å²) in [6.07, 6.45) is 14.7. The summed E-state index contributed by atoms with van der Waals surface area (Å²) in [5, 5.41) is 0.237. The van der Waals surface area contributed by atoms with Gasteiger partial charge in [-0.2, -0.15) is 0 Å². The highest BCUT2D eigenvalue weighted by atomic mass is 28.4. The largest absolute Gasteiger partial charge is 0.450 e. The number of fused-ring (bicyclic) bond motifs is 1. The fourth-order valence-corrected chi connectivity index (χ4v) is 11.0. The van der Waals surface area contributed by atoms with Crippen LogP contribution in [0.15, 0.2) is 52.0 Å². The first-order chi connectivity index (χ1) is 20.2. The number of allylic oxidation sites excluding steroid dienone is 4. The molecule has 0 aliphatic heterocycles. The fourth-order valence-electron chi connectivity index (χ4n) is 8.01. The lowest BCUT2D eigenvalue weighted by Crippen LogP contribution is -2.44. The van der Waals surface area contributed by atoms with Gasteiger partial charge in [-0.3, -0.25) is 0 Å². The molecule has 0 amide bonds. The van der Waals surface area contributed by atoms with Crippen molar-refractivity contribution in [2.75, 3.05) is 0 Å². The standard InChI is InChI=1S/C39H62O3Si2/c1-28-16-21-33(41-44(12,13)37(3,4)5)27-31(28)19-18-30-15-14-26-39(8)34(23-24-35(30)39)29(2)17-20-32-22-25-36(40-32)38(6,7)42-43(9,10)11/h18-19,22,25,29,33-35H,1,14-16,21,23-24,26-27H2,2-13H3/b30-18+,31-19-/t29-,33+,34-,35+,39-/m1/s1. The van der Waals surface area contributed by atoms with Crippen LogP contribution in [0.3, 0.4) is 0 Å². The summed E-state index contributed by atoms with van der Waals surface area (Å²) in [6, 6.07) is 4.05. The second-order valence-corrected chi connectivity index (χ2v) is 26.5. The van der Waals surface area contributed by atoms with Gasteiger partial charge in [0.2, 0.25) is 0 Å². The fraction of sp³-hybridized carbons (Fsp3) is 0.692. The molecular formula is C39H62O3Si2. The van der Waals surface area contributed by atoms with Gasteiger partial charge in [0, 0.05) is 12.0 Å². The maximum Gasteiger partial charge on any atom is 0.192 e. The molecule has 3 nitrogen and oxygen atoms in total. The molecule has 4 rings (SSSR count). The average molecular weight is 635 g/mol. The van der Waals surface area contributed by atoms with Crippen LogP contribution in [0.5, 0.6) is 0 Å². The van der Waals surface area contributed by atoms with Crippen LogP contribution in [0.25, 0.3) is 0 Å². The Morgan fingerprint density at radius 1 is 1.02 bits per heavy atom. The zero-order valence-corrected chi connectivity index (χ0v) is 32.2. The Morgan fingerprint density at radius 2 is 1.73 bits per heavy atom. The van der Waals surface area contributed by atoms with E-state index in [2.05, 4.69) is 112 Å². The Hall–Kier alpha value is -1.59.